The fourth-order valence-electron chi connectivity index (χ4n) is 2.40. The summed E-state index contributed by atoms with van der Waals surface area (Å²) in [5.74, 6) is -0.341. The third-order valence-corrected chi connectivity index (χ3v) is 4.60. The van der Waals surface area contributed by atoms with E-state index in [1.54, 1.807) is 12.1 Å². The Balaban J connectivity index is 1.62. The second-order valence-electron chi connectivity index (χ2n) is 5.53. The van der Waals surface area contributed by atoms with E-state index in [2.05, 4.69) is 10.3 Å². The fourth-order valence-corrected chi connectivity index (χ4v) is 3.22. The number of thiazole rings is 1. The molecule has 0 aliphatic carbocycles. The molecule has 1 amide bonds. The largest absolute Gasteiger partial charge is 0.349 e. The second-order valence-corrected chi connectivity index (χ2v) is 6.39. The van der Waals surface area contributed by atoms with Crippen molar-refractivity contribution in [2.75, 3.05) is 0 Å². The van der Waals surface area contributed by atoms with Gasteiger partial charge >= 0.3 is 0 Å². The van der Waals surface area contributed by atoms with Gasteiger partial charge in [0.25, 0.3) is 0 Å². The molecule has 1 N–H and O–H groups in total. The van der Waals surface area contributed by atoms with Crippen LogP contribution in [0.3, 0.4) is 0 Å². The van der Waals surface area contributed by atoms with Gasteiger partial charge in [0.1, 0.15) is 10.8 Å². The molecule has 3 aromatic rings. The van der Waals surface area contributed by atoms with Gasteiger partial charge in [0.05, 0.1) is 18.2 Å². The topological polar surface area (TPSA) is 42.0 Å². The van der Waals surface area contributed by atoms with Crippen molar-refractivity contribution in [2.24, 2.45) is 0 Å². The highest BCUT2D eigenvalue weighted by atomic mass is 32.1. The number of halogens is 1. The lowest BCUT2D eigenvalue weighted by atomic mass is 10.1. The monoisotopic (exact) mass is 340 g/mol. The summed E-state index contributed by atoms with van der Waals surface area (Å²) in [6, 6.07) is 16.0. The molecule has 0 radical (unpaired) electrons. The van der Waals surface area contributed by atoms with Crippen LogP contribution in [0, 0.1) is 5.82 Å². The average Bonchev–Trinajstić information content (AvgIpc) is 3.04. The number of carbonyl (C=O) groups excluding carboxylic acids is 1. The molecule has 2 aromatic carbocycles. The Labute approximate surface area is 144 Å². The molecule has 1 aromatic heterocycles. The van der Waals surface area contributed by atoms with Crippen LogP contribution in [-0.4, -0.2) is 10.9 Å². The van der Waals surface area contributed by atoms with Crippen molar-refractivity contribution in [3.8, 4) is 10.6 Å². The van der Waals surface area contributed by atoms with Gasteiger partial charge in [-0.2, -0.15) is 0 Å². The summed E-state index contributed by atoms with van der Waals surface area (Å²) in [5.41, 5.74) is 2.64. The van der Waals surface area contributed by atoms with Gasteiger partial charge in [-0.15, -0.1) is 11.3 Å². The lowest BCUT2D eigenvalue weighted by molar-refractivity contribution is -0.121. The first-order valence-corrected chi connectivity index (χ1v) is 8.54. The molecule has 0 spiro atoms. The average molecular weight is 340 g/mol. The molecule has 0 saturated carbocycles. The maximum absolute atomic E-state index is 13.0. The molecule has 0 aliphatic rings. The molecule has 3 rings (SSSR count). The van der Waals surface area contributed by atoms with E-state index in [0.717, 1.165) is 21.8 Å². The van der Waals surface area contributed by atoms with E-state index in [4.69, 9.17) is 0 Å². The van der Waals surface area contributed by atoms with Gasteiger partial charge in [0.15, 0.2) is 0 Å². The van der Waals surface area contributed by atoms with Crippen LogP contribution in [0.2, 0.25) is 0 Å². The van der Waals surface area contributed by atoms with Crippen LogP contribution in [-0.2, 0) is 11.2 Å². The van der Waals surface area contributed by atoms with Crippen LogP contribution >= 0.6 is 11.3 Å². The van der Waals surface area contributed by atoms with Gasteiger partial charge in [-0.3, -0.25) is 4.79 Å². The zero-order chi connectivity index (χ0) is 16.9. The van der Waals surface area contributed by atoms with Gasteiger partial charge in [-0.25, -0.2) is 9.37 Å². The summed E-state index contributed by atoms with van der Waals surface area (Å²) >= 11 is 1.45. The normalized spacial score (nSPS) is 11.9. The van der Waals surface area contributed by atoms with E-state index < -0.39 is 0 Å². The van der Waals surface area contributed by atoms with Crippen molar-refractivity contribution in [3.63, 3.8) is 0 Å². The first kappa shape index (κ1) is 16.3. The molecule has 1 heterocycles. The van der Waals surface area contributed by atoms with Crippen molar-refractivity contribution in [1.29, 1.82) is 0 Å². The predicted molar refractivity (Wildman–Crippen MR) is 94.2 cm³/mol. The van der Waals surface area contributed by atoms with Crippen LogP contribution in [0.25, 0.3) is 10.6 Å². The summed E-state index contributed by atoms with van der Waals surface area (Å²) in [4.78, 5) is 16.7. The van der Waals surface area contributed by atoms with Crippen LogP contribution in [0.5, 0.6) is 0 Å². The van der Waals surface area contributed by atoms with Crippen LogP contribution in [0.4, 0.5) is 4.39 Å². The van der Waals surface area contributed by atoms with Crippen molar-refractivity contribution < 1.29 is 9.18 Å². The third-order valence-electron chi connectivity index (χ3n) is 3.66. The standard InChI is InChI=1S/C19H17FN2OS/c1-13(14-5-3-2-4-6-14)21-18(23)11-17-12-24-19(22-17)15-7-9-16(20)10-8-15/h2-10,12-13H,11H2,1H3,(H,21,23). The highest BCUT2D eigenvalue weighted by Crippen LogP contribution is 2.24. The second kappa shape index (κ2) is 7.36. The molecule has 0 saturated heterocycles. The van der Waals surface area contributed by atoms with Crippen LogP contribution < -0.4 is 5.32 Å². The van der Waals surface area contributed by atoms with E-state index in [9.17, 15) is 9.18 Å². The molecule has 3 nitrogen and oxygen atoms in total. The maximum Gasteiger partial charge on any atom is 0.226 e. The molecular weight excluding hydrogens is 323 g/mol. The predicted octanol–water partition coefficient (Wildman–Crippen LogP) is 4.37. The number of aromatic nitrogens is 1. The molecule has 0 bridgehead atoms. The van der Waals surface area contributed by atoms with Crippen molar-refractivity contribution in [3.05, 3.63) is 77.1 Å². The minimum Gasteiger partial charge on any atom is -0.349 e. The summed E-state index contributed by atoms with van der Waals surface area (Å²) < 4.78 is 13.0. The Morgan fingerprint density at radius 3 is 2.58 bits per heavy atom. The summed E-state index contributed by atoms with van der Waals surface area (Å²) in [5, 5.41) is 5.63. The quantitative estimate of drug-likeness (QED) is 0.749. The van der Waals surface area contributed by atoms with Crippen LogP contribution in [0.15, 0.2) is 60.0 Å². The van der Waals surface area contributed by atoms with Gasteiger partial charge in [0, 0.05) is 10.9 Å². The minimum absolute atomic E-state index is 0.0473. The molecule has 0 fully saturated rings. The van der Waals surface area contributed by atoms with E-state index in [0.29, 0.717) is 0 Å². The number of amides is 1. The van der Waals surface area contributed by atoms with Crippen LogP contribution in [0.1, 0.15) is 24.2 Å². The van der Waals surface area contributed by atoms with Crippen molar-refractivity contribution in [2.45, 2.75) is 19.4 Å². The molecule has 1 atom stereocenters. The molecular formula is C19H17FN2OS. The molecule has 5 heteroatoms. The number of rotatable bonds is 5. The number of benzene rings is 2. The lowest BCUT2D eigenvalue weighted by Crippen LogP contribution is -2.28. The molecule has 122 valence electrons. The van der Waals surface area contributed by atoms with E-state index >= 15 is 0 Å². The van der Waals surface area contributed by atoms with Gasteiger partial charge in [-0.1, -0.05) is 30.3 Å². The molecule has 24 heavy (non-hydrogen) atoms. The summed E-state index contributed by atoms with van der Waals surface area (Å²) in [6.45, 7) is 1.96. The highest BCUT2D eigenvalue weighted by Gasteiger charge is 2.12. The Morgan fingerprint density at radius 1 is 1.17 bits per heavy atom. The highest BCUT2D eigenvalue weighted by molar-refractivity contribution is 7.13. The molecule has 0 aliphatic heterocycles. The SMILES string of the molecule is CC(NC(=O)Cc1csc(-c2ccc(F)cc2)n1)c1ccccc1. The first-order chi connectivity index (χ1) is 11.6. The Hall–Kier alpha value is -2.53. The fraction of sp³-hybridized carbons (Fsp3) is 0.158. The van der Waals surface area contributed by atoms with Crippen molar-refractivity contribution in [1.82, 2.24) is 10.3 Å². The molecule has 1 unspecified atom stereocenters. The zero-order valence-corrected chi connectivity index (χ0v) is 14.0. The van der Waals surface area contributed by atoms with E-state index in [1.807, 2.05) is 42.6 Å². The number of carbonyl (C=O) groups is 1. The van der Waals surface area contributed by atoms with Gasteiger partial charge in [-0.05, 0) is 36.8 Å². The number of nitrogens with one attached hydrogen (secondary N) is 1. The minimum atomic E-state index is -0.273. The Bertz CT molecular complexity index is 815. The number of nitrogens with zero attached hydrogens (tertiary/aromatic N) is 1. The van der Waals surface area contributed by atoms with E-state index in [1.165, 1.54) is 23.5 Å². The summed E-state index contributed by atoms with van der Waals surface area (Å²) in [7, 11) is 0. The Kier molecular flexibility index (Phi) is 5.01. The van der Waals surface area contributed by atoms with Gasteiger partial charge in [0.2, 0.25) is 5.91 Å². The van der Waals surface area contributed by atoms with E-state index in [-0.39, 0.29) is 24.2 Å². The maximum atomic E-state index is 13.0. The number of hydrogen-bond acceptors (Lipinski definition) is 3. The van der Waals surface area contributed by atoms with Crippen molar-refractivity contribution >= 4 is 17.2 Å². The third kappa shape index (κ3) is 4.06. The first-order valence-electron chi connectivity index (χ1n) is 7.66. The Morgan fingerprint density at radius 2 is 1.88 bits per heavy atom. The van der Waals surface area contributed by atoms with Gasteiger partial charge < -0.3 is 5.32 Å². The zero-order valence-electron chi connectivity index (χ0n) is 13.2. The number of hydrogen-bond donors (Lipinski definition) is 1. The lowest BCUT2D eigenvalue weighted by Gasteiger charge is -2.13. The summed E-state index contributed by atoms with van der Waals surface area (Å²) in [6.07, 6.45) is 0.231. The smallest absolute Gasteiger partial charge is 0.226 e.